The highest BCUT2D eigenvalue weighted by atomic mass is 32.2. The van der Waals surface area contributed by atoms with E-state index in [2.05, 4.69) is 9.98 Å². The lowest BCUT2D eigenvalue weighted by Gasteiger charge is -2.23. The molecule has 3 aromatic rings. The van der Waals surface area contributed by atoms with Crippen LogP contribution in [0.1, 0.15) is 22.8 Å². The third-order valence-corrected chi connectivity index (χ3v) is 7.78. The Labute approximate surface area is 205 Å². The maximum atomic E-state index is 13.5. The Hall–Kier alpha value is -4.51. The molecular weight excluding hydrogens is 484 g/mol. The van der Waals surface area contributed by atoms with Crippen molar-refractivity contribution >= 4 is 44.4 Å². The van der Waals surface area contributed by atoms with E-state index >= 15 is 0 Å². The largest absolute Gasteiger partial charge is 0.368 e. The molecule has 1 unspecified atom stereocenters. The highest BCUT2D eigenvalue weighted by Crippen LogP contribution is 2.43. The summed E-state index contributed by atoms with van der Waals surface area (Å²) >= 11 is 0. The lowest BCUT2D eigenvalue weighted by molar-refractivity contribution is -0.384. The van der Waals surface area contributed by atoms with E-state index in [9.17, 15) is 28.1 Å². The third kappa shape index (κ3) is 3.79. The average Bonchev–Trinajstić information content (AvgIpc) is 3.46. The molecule has 0 aliphatic carbocycles. The second kappa shape index (κ2) is 8.61. The van der Waals surface area contributed by atoms with Crippen LogP contribution in [0.3, 0.4) is 0 Å². The van der Waals surface area contributed by atoms with Crippen molar-refractivity contribution in [1.29, 1.82) is 0 Å². The second-order valence-electron chi connectivity index (χ2n) is 8.33. The molecule has 0 bridgehead atoms. The lowest BCUT2D eigenvalue weighted by Crippen LogP contribution is -2.35. The van der Waals surface area contributed by atoms with Gasteiger partial charge in [0.15, 0.2) is 5.04 Å². The Morgan fingerprint density at radius 2 is 1.75 bits per heavy atom. The highest BCUT2D eigenvalue weighted by molar-refractivity contribution is 8.08. The van der Waals surface area contributed by atoms with Gasteiger partial charge in [0.1, 0.15) is 0 Å². The van der Waals surface area contributed by atoms with E-state index in [0.717, 1.165) is 6.21 Å². The molecule has 2 aliphatic rings. The van der Waals surface area contributed by atoms with Crippen molar-refractivity contribution in [3.8, 4) is 11.1 Å². The molecule has 5 rings (SSSR count). The molecule has 36 heavy (non-hydrogen) atoms. The van der Waals surface area contributed by atoms with Crippen LogP contribution < -0.4 is 4.90 Å². The van der Waals surface area contributed by atoms with Gasteiger partial charge in [-0.15, -0.1) is 0 Å². The van der Waals surface area contributed by atoms with Gasteiger partial charge in [-0.25, -0.2) is 13.2 Å². The number of carbonyl (C=O) groups excluding carboxylic acids is 2. The number of fused-ring (bicyclic) bond motifs is 1. The number of non-ortho nitro benzene ring substituents is 1. The number of hydrogen-bond acceptors (Lipinski definition) is 6. The summed E-state index contributed by atoms with van der Waals surface area (Å²) in [4.78, 5) is 43.9. The number of nitrogens with zero attached hydrogens (tertiary/aromatic N) is 4. The zero-order valence-corrected chi connectivity index (χ0v) is 19.7. The molecule has 11 heteroatoms. The van der Waals surface area contributed by atoms with Gasteiger partial charge in [-0.05, 0) is 48.7 Å². The van der Waals surface area contributed by atoms with Crippen LogP contribution in [-0.2, 0) is 16.3 Å². The van der Waals surface area contributed by atoms with Gasteiger partial charge in [-0.1, -0.05) is 30.3 Å². The Morgan fingerprint density at radius 3 is 2.36 bits per heavy atom. The van der Waals surface area contributed by atoms with Gasteiger partial charge < -0.3 is 4.90 Å². The number of amides is 3. The topological polar surface area (TPSA) is 139 Å². The number of nitro groups is 1. The summed E-state index contributed by atoms with van der Waals surface area (Å²) in [6.45, 7) is 1.85. The Bertz CT molecular complexity index is 1600. The first-order valence-corrected chi connectivity index (χ1v) is 12.4. The number of anilines is 1. The molecule has 3 amide bonds. The van der Waals surface area contributed by atoms with Crippen molar-refractivity contribution in [1.82, 2.24) is 0 Å². The molecular formula is C25H18N4O6S. The molecule has 0 fully saturated rings. The Balaban J connectivity index is 1.66. The van der Waals surface area contributed by atoms with E-state index in [1.807, 2.05) is 6.92 Å². The summed E-state index contributed by atoms with van der Waals surface area (Å²) in [6.07, 6.45) is 1.31. The van der Waals surface area contributed by atoms with Gasteiger partial charge >= 0.3 is 6.03 Å². The van der Waals surface area contributed by atoms with Crippen LogP contribution in [0.15, 0.2) is 81.6 Å². The number of nitro benzene ring substituents is 1. The van der Waals surface area contributed by atoms with Gasteiger partial charge in [0.05, 0.1) is 16.0 Å². The Kier molecular flexibility index (Phi) is 5.56. The quantitative estimate of drug-likeness (QED) is 0.386. The number of hydrogen-bond donors (Lipinski definition) is 0. The number of urea groups is 1. The van der Waals surface area contributed by atoms with Gasteiger partial charge in [-0.3, -0.25) is 14.9 Å². The Morgan fingerprint density at radius 1 is 1.06 bits per heavy atom. The van der Waals surface area contributed by atoms with E-state index in [-0.39, 0.29) is 28.1 Å². The molecule has 0 radical (unpaired) electrons. The predicted octanol–water partition coefficient (Wildman–Crippen LogP) is 4.23. The molecule has 10 nitrogen and oxygen atoms in total. The molecule has 0 saturated heterocycles. The molecule has 2 aliphatic heterocycles. The van der Waals surface area contributed by atoms with Gasteiger partial charge in [0, 0.05) is 35.0 Å². The number of benzene rings is 3. The first kappa shape index (κ1) is 23.2. The fourth-order valence-corrected chi connectivity index (χ4v) is 5.87. The summed E-state index contributed by atoms with van der Waals surface area (Å²) in [6, 6.07) is 16.0. The number of carbonyl (C=O) groups is 2. The lowest BCUT2D eigenvalue weighted by atomic mass is 9.97. The first-order chi connectivity index (χ1) is 17.2. The SMILES string of the molecule is CC1Cc2c(ccc(S(=O)(=O)C3=NC(=O)N=C3)c2-c2ccccc2)N1C(=O)c1ccc([N+](=O)[O-])cc1. The second-order valence-corrected chi connectivity index (χ2v) is 10.2. The van der Waals surface area contributed by atoms with Crippen LogP contribution in [0.25, 0.3) is 11.1 Å². The van der Waals surface area contributed by atoms with Crippen LogP contribution >= 0.6 is 0 Å². The smallest absolute Gasteiger partial charge is 0.305 e. The highest BCUT2D eigenvalue weighted by Gasteiger charge is 2.37. The number of aliphatic imine (C=N–C) groups is 2. The van der Waals surface area contributed by atoms with Crippen molar-refractivity contribution in [2.75, 3.05) is 4.90 Å². The number of sulfone groups is 1. The molecule has 2 heterocycles. The molecule has 0 N–H and O–H groups in total. The molecule has 0 aromatic heterocycles. The van der Waals surface area contributed by atoms with Crippen molar-refractivity contribution in [3.05, 3.63) is 88.0 Å². The summed E-state index contributed by atoms with van der Waals surface area (Å²) in [5.74, 6) is -0.358. The first-order valence-electron chi connectivity index (χ1n) is 10.9. The van der Waals surface area contributed by atoms with Crippen LogP contribution in [-0.4, -0.2) is 42.6 Å². The van der Waals surface area contributed by atoms with Gasteiger partial charge in [0.2, 0.25) is 9.84 Å². The third-order valence-electron chi connectivity index (χ3n) is 6.11. The average molecular weight is 503 g/mol. The standard InChI is InChI=1S/C25H18N4O6S/c1-15-13-19-20(28(15)24(30)17-7-9-18(10-8-17)29(32)33)11-12-21(23(19)16-5-3-2-4-6-16)36(34,35)22-14-26-25(31)27-22/h2-12,14-15H,13H2,1H3. The van der Waals surface area contributed by atoms with Crippen molar-refractivity contribution in [2.45, 2.75) is 24.3 Å². The fraction of sp³-hybridized carbons (Fsp3) is 0.120. The monoisotopic (exact) mass is 502 g/mol. The maximum absolute atomic E-state index is 13.5. The van der Waals surface area contributed by atoms with E-state index in [1.165, 1.54) is 30.3 Å². The number of rotatable bonds is 4. The van der Waals surface area contributed by atoms with Gasteiger partial charge in [-0.2, -0.15) is 9.98 Å². The van der Waals surface area contributed by atoms with Crippen LogP contribution in [0.5, 0.6) is 0 Å². The van der Waals surface area contributed by atoms with Crippen LogP contribution in [0, 0.1) is 10.1 Å². The molecule has 0 spiro atoms. The minimum atomic E-state index is -4.18. The summed E-state index contributed by atoms with van der Waals surface area (Å²) in [7, 11) is -4.18. The zero-order valence-electron chi connectivity index (χ0n) is 18.9. The molecule has 0 saturated carbocycles. The van der Waals surface area contributed by atoms with Crippen LogP contribution in [0.2, 0.25) is 0 Å². The molecule has 3 aromatic carbocycles. The molecule has 1 atom stereocenters. The van der Waals surface area contributed by atoms with Gasteiger partial charge in [0.25, 0.3) is 11.6 Å². The van der Waals surface area contributed by atoms with E-state index in [4.69, 9.17) is 0 Å². The van der Waals surface area contributed by atoms with Crippen LogP contribution in [0.4, 0.5) is 16.2 Å². The zero-order chi connectivity index (χ0) is 25.6. The predicted molar refractivity (Wildman–Crippen MR) is 133 cm³/mol. The summed E-state index contributed by atoms with van der Waals surface area (Å²) in [5, 5.41) is 10.5. The van der Waals surface area contributed by atoms with E-state index in [1.54, 1.807) is 41.3 Å². The van der Waals surface area contributed by atoms with Crippen molar-refractivity contribution < 1.29 is 22.9 Å². The van der Waals surface area contributed by atoms with Crippen molar-refractivity contribution in [2.24, 2.45) is 9.98 Å². The van der Waals surface area contributed by atoms with E-state index in [0.29, 0.717) is 28.8 Å². The minimum Gasteiger partial charge on any atom is -0.305 e. The van der Waals surface area contributed by atoms with E-state index < -0.39 is 25.8 Å². The fourth-order valence-electron chi connectivity index (χ4n) is 4.50. The minimum absolute atomic E-state index is 0.0378. The normalized spacial score (nSPS) is 16.7. The maximum Gasteiger partial charge on any atom is 0.368 e. The summed E-state index contributed by atoms with van der Waals surface area (Å²) < 4.78 is 26.9. The van der Waals surface area contributed by atoms with Crippen molar-refractivity contribution in [3.63, 3.8) is 0 Å². The summed E-state index contributed by atoms with van der Waals surface area (Å²) in [5.41, 5.74) is 2.41. The molecule has 180 valence electrons.